The molecule has 3 aromatic rings. The zero-order valence-electron chi connectivity index (χ0n) is 12.6. The highest BCUT2D eigenvalue weighted by atomic mass is 35.5. The van der Waals surface area contributed by atoms with Crippen LogP contribution in [0.1, 0.15) is 6.92 Å². The summed E-state index contributed by atoms with van der Waals surface area (Å²) >= 11 is 6.87. The van der Waals surface area contributed by atoms with Crippen LogP contribution in [0.25, 0.3) is 0 Å². The Balaban J connectivity index is 2.34. The minimum Gasteiger partial charge on any atom is -0.126 e. The van der Waals surface area contributed by atoms with Gasteiger partial charge < -0.3 is 0 Å². The minimum absolute atomic E-state index is 0.0553. The van der Waals surface area contributed by atoms with Crippen molar-refractivity contribution in [3.8, 4) is 0 Å². The molecule has 3 rings (SSSR count). The van der Waals surface area contributed by atoms with Gasteiger partial charge in [0, 0.05) is 5.00 Å². The van der Waals surface area contributed by atoms with Crippen LogP contribution in [0.3, 0.4) is 0 Å². The van der Waals surface area contributed by atoms with Crippen molar-refractivity contribution < 1.29 is 0 Å². The van der Waals surface area contributed by atoms with Crippen LogP contribution in [0.15, 0.2) is 91.0 Å². The molecule has 22 heavy (non-hydrogen) atoms. The second-order valence-electron chi connectivity index (χ2n) is 5.52. The van der Waals surface area contributed by atoms with Crippen molar-refractivity contribution in [3.63, 3.8) is 0 Å². The lowest BCUT2D eigenvalue weighted by Gasteiger charge is -2.36. The first-order valence-corrected chi connectivity index (χ1v) is 10.1. The monoisotopic (exact) mass is 322 g/mol. The number of hydrogen-bond acceptors (Lipinski definition) is 0. The molecule has 0 fully saturated rings. The summed E-state index contributed by atoms with van der Waals surface area (Å²) in [6.45, 7) is 2.14. The highest BCUT2D eigenvalue weighted by molar-refractivity contribution is 7.15. The van der Waals surface area contributed by atoms with E-state index in [0.29, 0.717) is 0 Å². The van der Waals surface area contributed by atoms with Gasteiger partial charge in [-0.15, -0.1) is 11.6 Å². The molecule has 0 heterocycles. The van der Waals surface area contributed by atoms with E-state index in [9.17, 15) is 0 Å². The van der Waals surface area contributed by atoms with E-state index in [0.717, 1.165) is 0 Å². The lowest BCUT2D eigenvalue weighted by atomic mass is 10.3. The summed E-state index contributed by atoms with van der Waals surface area (Å²) in [5.74, 6) is 0. The van der Waals surface area contributed by atoms with Gasteiger partial charge in [0.1, 0.15) is 0 Å². The van der Waals surface area contributed by atoms with Gasteiger partial charge in [0.05, 0.1) is 0 Å². The molecule has 0 N–H and O–H groups in total. The van der Waals surface area contributed by atoms with Gasteiger partial charge in [0.15, 0.2) is 8.07 Å². The van der Waals surface area contributed by atoms with Crippen molar-refractivity contribution in [1.29, 1.82) is 0 Å². The lowest BCUT2D eigenvalue weighted by molar-refractivity contribution is 1.32. The maximum Gasteiger partial charge on any atom is 0.165 e. The predicted molar refractivity (Wildman–Crippen MR) is 99.3 cm³/mol. The number of hydrogen-bond donors (Lipinski definition) is 0. The third kappa shape index (κ3) is 2.51. The van der Waals surface area contributed by atoms with Crippen LogP contribution in [0.4, 0.5) is 0 Å². The number of rotatable bonds is 4. The summed E-state index contributed by atoms with van der Waals surface area (Å²) in [4.78, 5) is 0. The summed E-state index contributed by atoms with van der Waals surface area (Å²) in [5.41, 5.74) is 0. The van der Waals surface area contributed by atoms with Crippen LogP contribution in [-0.2, 0) is 0 Å². The molecular weight excluding hydrogens is 304 g/mol. The fourth-order valence-electron chi connectivity index (χ4n) is 3.29. The van der Waals surface area contributed by atoms with Crippen molar-refractivity contribution in [2.24, 2.45) is 0 Å². The van der Waals surface area contributed by atoms with Gasteiger partial charge >= 0.3 is 0 Å². The van der Waals surface area contributed by atoms with E-state index >= 15 is 0 Å². The Morgan fingerprint density at radius 2 is 0.864 bits per heavy atom. The Labute approximate surface area is 138 Å². The van der Waals surface area contributed by atoms with Crippen LogP contribution in [0.5, 0.6) is 0 Å². The molecule has 110 valence electrons. The Hall–Kier alpha value is -1.83. The van der Waals surface area contributed by atoms with E-state index in [1.165, 1.54) is 15.6 Å². The Morgan fingerprint density at radius 1 is 0.591 bits per heavy atom. The van der Waals surface area contributed by atoms with Gasteiger partial charge in [-0.25, -0.2) is 0 Å². The normalized spacial score (nSPS) is 12.8. The van der Waals surface area contributed by atoms with Gasteiger partial charge in [-0.3, -0.25) is 0 Å². The van der Waals surface area contributed by atoms with Crippen LogP contribution in [0.2, 0.25) is 0 Å². The highest BCUT2D eigenvalue weighted by Gasteiger charge is 2.43. The van der Waals surface area contributed by atoms with Gasteiger partial charge in [-0.05, 0) is 15.6 Å². The van der Waals surface area contributed by atoms with Crippen molar-refractivity contribution in [2.75, 3.05) is 0 Å². The lowest BCUT2D eigenvalue weighted by Crippen LogP contribution is -2.72. The van der Waals surface area contributed by atoms with Crippen LogP contribution >= 0.6 is 11.6 Å². The molecule has 0 unspecified atom stereocenters. The SMILES string of the molecule is C[C@H](Cl)[Si](c1ccccc1)(c1ccccc1)c1ccccc1. The molecule has 0 aliphatic carbocycles. The molecule has 0 saturated heterocycles. The second kappa shape index (κ2) is 6.51. The fraction of sp³-hybridized carbons (Fsp3) is 0.100. The van der Waals surface area contributed by atoms with E-state index < -0.39 is 8.07 Å². The summed E-state index contributed by atoms with van der Waals surface area (Å²) in [6, 6.07) is 32.2. The third-order valence-corrected chi connectivity index (χ3v) is 10.2. The first kappa shape index (κ1) is 15.1. The van der Waals surface area contributed by atoms with Crippen molar-refractivity contribution in [2.45, 2.75) is 11.9 Å². The average Bonchev–Trinajstić information content (AvgIpc) is 2.58. The molecule has 0 amide bonds. The molecule has 0 saturated carbocycles. The first-order chi connectivity index (χ1) is 10.8. The van der Waals surface area contributed by atoms with Crippen molar-refractivity contribution in [3.05, 3.63) is 91.0 Å². The van der Waals surface area contributed by atoms with Crippen LogP contribution in [0, 0.1) is 0 Å². The second-order valence-corrected chi connectivity index (χ2v) is 10.8. The van der Waals surface area contributed by atoms with Gasteiger partial charge in [0.25, 0.3) is 0 Å². The highest BCUT2D eigenvalue weighted by Crippen LogP contribution is 2.16. The molecule has 0 aliphatic rings. The fourth-order valence-corrected chi connectivity index (χ4v) is 8.96. The molecule has 1 atom stereocenters. The third-order valence-electron chi connectivity index (χ3n) is 4.28. The largest absolute Gasteiger partial charge is 0.165 e. The van der Waals surface area contributed by atoms with E-state index in [4.69, 9.17) is 11.6 Å². The molecule has 0 aliphatic heterocycles. The molecule has 0 spiro atoms. The van der Waals surface area contributed by atoms with E-state index in [1.54, 1.807) is 0 Å². The van der Waals surface area contributed by atoms with Gasteiger partial charge in [0.2, 0.25) is 0 Å². The Kier molecular flexibility index (Phi) is 4.46. The van der Waals surface area contributed by atoms with Gasteiger partial charge in [-0.1, -0.05) is 97.9 Å². The summed E-state index contributed by atoms with van der Waals surface area (Å²) in [5, 5.41) is 4.12. The Bertz CT molecular complexity index is 612. The molecule has 0 radical (unpaired) electrons. The minimum atomic E-state index is -2.24. The van der Waals surface area contributed by atoms with Crippen molar-refractivity contribution >= 4 is 35.2 Å². The molecule has 0 bridgehead atoms. The number of alkyl halides is 1. The average molecular weight is 323 g/mol. The van der Waals surface area contributed by atoms with E-state index in [-0.39, 0.29) is 5.00 Å². The van der Waals surface area contributed by atoms with Crippen LogP contribution in [-0.4, -0.2) is 13.1 Å². The van der Waals surface area contributed by atoms with E-state index in [1.807, 2.05) is 0 Å². The Morgan fingerprint density at radius 3 is 1.09 bits per heavy atom. The molecule has 3 aromatic carbocycles. The standard InChI is InChI=1S/C20H19ClSi/c1-17(21)22(18-11-5-2-6-12-18,19-13-7-3-8-14-19)20-15-9-4-10-16-20/h2-17H,1H3/t17-/m1/s1. The summed E-state index contributed by atoms with van der Waals surface area (Å²) in [7, 11) is -2.24. The maximum absolute atomic E-state index is 6.87. The zero-order valence-corrected chi connectivity index (χ0v) is 14.4. The molecule has 0 nitrogen and oxygen atoms in total. The summed E-state index contributed by atoms with van der Waals surface area (Å²) < 4.78 is 0. The molecular formula is C20H19ClSi. The maximum atomic E-state index is 6.87. The quantitative estimate of drug-likeness (QED) is 0.393. The van der Waals surface area contributed by atoms with E-state index in [2.05, 4.69) is 97.9 Å². The summed E-state index contributed by atoms with van der Waals surface area (Å²) in [6.07, 6.45) is 0. The number of benzene rings is 3. The smallest absolute Gasteiger partial charge is 0.126 e. The first-order valence-electron chi connectivity index (χ1n) is 7.57. The van der Waals surface area contributed by atoms with Gasteiger partial charge in [-0.2, -0.15) is 0 Å². The topological polar surface area (TPSA) is 0 Å². The number of halogens is 1. The van der Waals surface area contributed by atoms with Crippen LogP contribution < -0.4 is 15.6 Å². The molecule has 2 heteroatoms. The zero-order chi connectivity index (χ0) is 15.4. The van der Waals surface area contributed by atoms with Crippen molar-refractivity contribution in [1.82, 2.24) is 0 Å². The molecule has 0 aromatic heterocycles. The predicted octanol–water partition coefficient (Wildman–Crippen LogP) is 3.32.